The van der Waals surface area contributed by atoms with Crippen molar-refractivity contribution in [3.8, 4) is 5.75 Å². The Hall–Kier alpha value is -1.51. The van der Waals surface area contributed by atoms with Crippen LogP contribution in [0.5, 0.6) is 5.75 Å². The van der Waals surface area contributed by atoms with Crippen molar-refractivity contribution in [3.63, 3.8) is 0 Å². The summed E-state index contributed by atoms with van der Waals surface area (Å²) in [5.41, 5.74) is 0.518. The smallest absolute Gasteiger partial charge is 0.251 e. The van der Waals surface area contributed by atoms with Gasteiger partial charge in [-0.1, -0.05) is 57.9 Å². The van der Waals surface area contributed by atoms with E-state index in [1.165, 1.54) is 51.0 Å². The van der Waals surface area contributed by atoms with E-state index >= 15 is 0 Å². The fraction of sp³-hybridized carbons (Fsp3) is 0.588. The van der Waals surface area contributed by atoms with Crippen LogP contribution in [0.2, 0.25) is 0 Å². The number of nitrogens with one attached hydrogen (secondary N) is 1. The molecule has 1 amide bonds. The van der Waals surface area contributed by atoms with Crippen molar-refractivity contribution in [1.82, 2.24) is 5.32 Å². The minimum atomic E-state index is -0.108. The van der Waals surface area contributed by atoms with E-state index in [-0.39, 0.29) is 11.7 Å². The second kappa shape index (κ2) is 10.3. The van der Waals surface area contributed by atoms with Gasteiger partial charge >= 0.3 is 0 Å². The van der Waals surface area contributed by atoms with Crippen molar-refractivity contribution in [1.29, 1.82) is 0 Å². The highest BCUT2D eigenvalue weighted by Crippen LogP contribution is 2.11. The number of hydrogen-bond acceptors (Lipinski definition) is 2. The van der Waals surface area contributed by atoms with Crippen LogP contribution in [0.4, 0.5) is 0 Å². The molecule has 0 heterocycles. The molecule has 0 fully saturated rings. The summed E-state index contributed by atoms with van der Waals surface area (Å²) >= 11 is 0. The fourth-order valence-electron chi connectivity index (χ4n) is 2.21. The van der Waals surface area contributed by atoms with Crippen LogP contribution in [0.1, 0.15) is 68.6 Å². The van der Waals surface area contributed by atoms with E-state index in [1.54, 1.807) is 18.2 Å². The third-order valence-corrected chi connectivity index (χ3v) is 3.42. The molecule has 1 aromatic rings. The standard InChI is InChI=1S/C17H27NO2/c1-2-3-4-5-6-7-8-9-13-18-17(20)15-11-10-12-16(19)14-15/h10-12,14,19H,2-9,13H2,1H3,(H,18,20). The largest absolute Gasteiger partial charge is 0.508 e. The summed E-state index contributed by atoms with van der Waals surface area (Å²) in [6.45, 7) is 2.94. The summed E-state index contributed by atoms with van der Waals surface area (Å²) in [5.74, 6) is 0.0218. The van der Waals surface area contributed by atoms with Gasteiger partial charge < -0.3 is 10.4 Å². The first-order valence-electron chi connectivity index (χ1n) is 7.81. The number of rotatable bonds is 10. The van der Waals surface area contributed by atoms with Crippen molar-refractivity contribution >= 4 is 5.91 Å². The van der Waals surface area contributed by atoms with Crippen molar-refractivity contribution in [2.24, 2.45) is 0 Å². The number of aromatic hydroxyl groups is 1. The zero-order valence-corrected chi connectivity index (χ0v) is 12.5. The maximum atomic E-state index is 11.8. The Morgan fingerprint density at radius 1 is 1.05 bits per heavy atom. The van der Waals surface area contributed by atoms with Gasteiger partial charge in [0.25, 0.3) is 5.91 Å². The Bertz CT molecular complexity index is 390. The first-order chi connectivity index (χ1) is 9.74. The Morgan fingerprint density at radius 3 is 2.35 bits per heavy atom. The van der Waals surface area contributed by atoms with Crippen LogP contribution in [0.3, 0.4) is 0 Å². The molecule has 0 aliphatic carbocycles. The van der Waals surface area contributed by atoms with Gasteiger partial charge in [-0.3, -0.25) is 4.79 Å². The molecule has 0 saturated heterocycles. The van der Waals surface area contributed by atoms with Gasteiger partial charge in [0.2, 0.25) is 0 Å². The lowest BCUT2D eigenvalue weighted by Crippen LogP contribution is -2.24. The molecule has 20 heavy (non-hydrogen) atoms. The van der Waals surface area contributed by atoms with Gasteiger partial charge in [0.05, 0.1) is 0 Å². The zero-order valence-electron chi connectivity index (χ0n) is 12.5. The van der Waals surface area contributed by atoms with Gasteiger partial charge in [-0.25, -0.2) is 0 Å². The van der Waals surface area contributed by atoms with E-state index in [2.05, 4.69) is 12.2 Å². The highest BCUT2D eigenvalue weighted by Gasteiger charge is 2.04. The van der Waals surface area contributed by atoms with Crippen molar-refractivity contribution in [3.05, 3.63) is 29.8 Å². The lowest BCUT2D eigenvalue weighted by molar-refractivity contribution is 0.0952. The lowest BCUT2D eigenvalue weighted by atomic mass is 10.1. The van der Waals surface area contributed by atoms with Crippen LogP contribution in [0.25, 0.3) is 0 Å². The van der Waals surface area contributed by atoms with Crippen LogP contribution >= 0.6 is 0 Å². The SMILES string of the molecule is CCCCCCCCCCNC(=O)c1cccc(O)c1. The quantitative estimate of drug-likeness (QED) is 0.628. The summed E-state index contributed by atoms with van der Waals surface area (Å²) in [4.78, 5) is 11.8. The highest BCUT2D eigenvalue weighted by molar-refractivity contribution is 5.94. The average molecular weight is 277 g/mol. The van der Waals surface area contributed by atoms with E-state index in [1.807, 2.05) is 0 Å². The molecule has 2 N–H and O–H groups in total. The summed E-state index contributed by atoms with van der Waals surface area (Å²) in [5, 5.41) is 12.2. The highest BCUT2D eigenvalue weighted by atomic mass is 16.3. The van der Waals surface area contributed by atoms with Gasteiger partial charge in [-0.2, -0.15) is 0 Å². The molecule has 3 nitrogen and oxygen atoms in total. The van der Waals surface area contributed by atoms with Crippen LogP contribution in [0.15, 0.2) is 24.3 Å². The summed E-state index contributed by atoms with van der Waals surface area (Å²) in [6, 6.07) is 6.45. The van der Waals surface area contributed by atoms with Gasteiger partial charge in [-0.15, -0.1) is 0 Å². The maximum absolute atomic E-state index is 11.8. The molecule has 0 aliphatic rings. The second-order valence-corrected chi connectivity index (χ2v) is 5.28. The zero-order chi connectivity index (χ0) is 14.6. The summed E-state index contributed by atoms with van der Waals surface area (Å²) in [6.07, 6.45) is 10.1. The van der Waals surface area contributed by atoms with E-state index in [0.29, 0.717) is 12.1 Å². The van der Waals surface area contributed by atoms with E-state index in [9.17, 15) is 9.90 Å². The Balaban J connectivity index is 2.02. The fourth-order valence-corrected chi connectivity index (χ4v) is 2.21. The van der Waals surface area contributed by atoms with Crippen molar-refractivity contribution in [2.45, 2.75) is 58.3 Å². The molecule has 0 unspecified atom stereocenters. The van der Waals surface area contributed by atoms with E-state index in [4.69, 9.17) is 0 Å². The molecule has 112 valence electrons. The average Bonchev–Trinajstić information content (AvgIpc) is 2.45. The van der Waals surface area contributed by atoms with Crippen LogP contribution < -0.4 is 5.32 Å². The van der Waals surface area contributed by atoms with E-state index in [0.717, 1.165) is 6.42 Å². The van der Waals surface area contributed by atoms with E-state index < -0.39 is 0 Å². The van der Waals surface area contributed by atoms with Crippen LogP contribution in [-0.4, -0.2) is 17.6 Å². The third-order valence-electron chi connectivity index (χ3n) is 3.42. The molecule has 1 rings (SSSR count). The minimum Gasteiger partial charge on any atom is -0.508 e. The normalized spacial score (nSPS) is 10.4. The number of carbonyl (C=O) groups excluding carboxylic acids is 1. The Kier molecular flexibility index (Phi) is 8.52. The maximum Gasteiger partial charge on any atom is 0.251 e. The number of benzene rings is 1. The molecule has 0 atom stereocenters. The van der Waals surface area contributed by atoms with Crippen LogP contribution in [-0.2, 0) is 0 Å². The molecule has 0 aliphatic heterocycles. The number of phenols is 1. The molecule has 0 bridgehead atoms. The Morgan fingerprint density at radius 2 is 1.70 bits per heavy atom. The molecule has 0 aromatic heterocycles. The molecular formula is C17H27NO2. The first-order valence-corrected chi connectivity index (χ1v) is 7.81. The third kappa shape index (κ3) is 7.17. The lowest BCUT2D eigenvalue weighted by Gasteiger charge is -2.05. The molecule has 0 saturated carbocycles. The number of phenolic OH excluding ortho intramolecular Hbond substituents is 1. The predicted octanol–water partition coefficient (Wildman–Crippen LogP) is 4.26. The molecule has 3 heteroatoms. The Labute approximate surface area is 122 Å². The number of unbranched alkanes of at least 4 members (excludes halogenated alkanes) is 7. The van der Waals surface area contributed by atoms with Gasteiger partial charge in [-0.05, 0) is 24.6 Å². The molecular weight excluding hydrogens is 250 g/mol. The number of carbonyl (C=O) groups is 1. The van der Waals surface area contributed by atoms with Crippen molar-refractivity contribution < 1.29 is 9.90 Å². The van der Waals surface area contributed by atoms with Crippen molar-refractivity contribution in [2.75, 3.05) is 6.54 Å². The summed E-state index contributed by atoms with van der Waals surface area (Å²) in [7, 11) is 0. The monoisotopic (exact) mass is 277 g/mol. The predicted molar refractivity (Wildman–Crippen MR) is 83.1 cm³/mol. The molecule has 0 radical (unpaired) electrons. The first kappa shape index (κ1) is 16.5. The van der Waals surface area contributed by atoms with Gasteiger partial charge in [0.1, 0.15) is 5.75 Å². The van der Waals surface area contributed by atoms with Gasteiger partial charge in [0.15, 0.2) is 0 Å². The number of amides is 1. The number of hydrogen-bond donors (Lipinski definition) is 2. The minimum absolute atomic E-state index is 0.108. The van der Waals surface area contributed by atoms with Gasteiger partial charge in [0, 0.05) is 12.1 Å². The topological polar surface area (TPSA) is 49.3 Å². The molecule has 1 aromatic carbocycles. The van der Waals surface area contributed by atoms with Crippen LogP contribution in [0, 0.1) is 0 Å². The summed E-state index contributed by atoms with van der Waals surface area (Å²) < 4.78 is 0. The second-order valence-electron chi connectivity index (χ2n) is 5.28. The molecule has 0 spiro atoms.